The van der Waals surface area contributed by atoms with E-state index in [0.29, 0.717) is 33.1 Å². The molecular formula is C28H23F3N4O2S. The Morgan fingerprint density at radius 3 is 1.58 bits per heavy atom. The SMILES string of the molecule is Cc1cc(NC(=O)c2ccc(N)cc2)ccc1Sc1ccc(NC(=O)c2ccc(N)cc2)cc1C(F)(F)F. The van der Waals surface area contributed by atoms with Gasteiger partial charge in [0.15, 0.2) is 0 Å². The minimum atomic E-state index is -4.65. The fourth-order valence-corrected chi connectivity index (χ4v) is 4.57. The molecular weight excluding hydrogens is 513 g/mol. The van der Waals surface area contributed by atoms with Crippen molar-refractivity contribution in [2.24, 2.45) is 0 Å². The second-order valence-electron chi connectivity index (χ2n) is 8.44. The van der Waals surface area contributed by atoms with Crippen molar-refractivity contribution in [3.63, 3.8) is 0 Å². The summed E-state index contributed by atoms with van der Waals surface area (Å²) in [6, 6.07) is 21.1. The molecule has 0 spiro atoms. The van der Waals surface area contributed by atoms with Crippen molar-refractivity contribution in [2.75, 3.05) is 22.1 Å². The largest absolute Gasteiger partial charge is 0.417 e. The van der Waals surface area contributed by atoms with Crippen LogP contribution in [0.5, 0.6) is 0 Å². The molecule has 0 aliphatic carbocycles. The zero-order chi connectivity index (χ0) is 27.4. The highest BCUT2D eigenvalue weighted by Gasteiger charge is 2.34. The summed E-state index contributed by atoms with van der Waals surface area (Å²) in [5, 5.41) is 5.27. The molecule has 4 aromatic carbocycles. The summed E-state index contributed by atoms with van der Waals surface area (Å²) in [5.74, 6) is -0.883. The summed E-state index contributed by atoms with van der Waals surface area (Å²) < 4.78 is 41.8. The van der Waals surface area contributed by atoms with Crippen LogP contribution in [0.1, 0.15) is 31.8 Å². The Balaban J connectivity index is 1.52. The molecule has 0 saturated heterocycles. The first-order valence-corrected chi connectivity index (χ1v) is 12.1. The highest BCUT2D eigenvalue weighted by atomic mass is 32.2. The first-order chi connectivity index (χ1) is 18.0. The summed E-state index contributed by atoms with van der Waals surface area (Å²) in [5.41, 5.74) is 13.3. The maximum absolute atomic E-state index is 13.9. The third kappa shape index (κ3) is 6.46. The van der Waals surface area contributed by atoms with Crippen LogP contribution >= 0.6 is 11.8 Å². The lowest BCUT2D eigenvalue weighted by atomic mass is 10.1. The summed E-state index contributed by atoms with van der Waals surface area (Å²) >= 11 is 0.946. The number of hydrogen-bond acceptors (Lipinski definition) is 5. The number of aryl methyl sites for hydroxylation is 1. The van der Waals surface area contributed by atoms with Crippen LogP contribution in [0.15, 0.2) is 94.7 Å². The van der Waals surface area contributed by atoms with E-state index >= 15 is 0 Å². The lowest BCUT2D eigenvalue weighted by Gasteiger charge is -2.16. The van der Waals surface area contributed by atoms with Crippen LogP contribution in [0, 0.1) is 6.92 Å². The molecule has 4 aromatic rings. The van der Waals surface area contributed by atoms with Crippen molar-refractivity contribution in [2.45, 2.75) is 22.9 Å². The Labute approximate surface area is 221 Å². The first kappa shape index (κ1) is 26.6. The summed E-state index contributed by atoms with van der Waals surface area (Å²) in [4.78, 5) is 25.5. The molecule has 0 heterocycles. The number of benzene rings is 4. The van der Waals surface area contributed by atoms with Crippen molar-refractivity contribution in [1.29, 1.82) is 0 Å². The van der Waals surface area contributed by atoms with Crippen LogP contribution in [0.2, 0.25) is 0 Å². The van der Waals surface area contributed by atoms with E-state index in [1.807, 2.05) is 0 Å². The highest BCUT2D eigenvalue weighted by Crippen LogP contribution is 2.42. The van der Waals surface area contributed by atoms with E-state index in [1.54, 1.807) is 49.4 Å². The number of halogens is 3. The normalized spacial score (nSPS) is 11.2. The third-order valence-corrected chi connectivity index (χ3v) is 6.80. The van der Waals surface area contributed by atoms with Crippen LogP contribution < -0.4 is 22.1 Å². The molecule has 6 N–H and O–H groups in total. The Morgan fingerprint density at radius 1 is 0.684 bits per heavy atom. The van der Waals surface area contributed by atoms with E-state index in [4.69, 9.17) is 11.5 Å². The zero-order valence-electron chi connectivity index (χ0n) is 20.1. The number of carbonyl (C=O) groups excluding carboxylic acids is 2. The van der Waals surface area contributed by atoms with Crippen molar-refractivity contribution >= 4 is 46.3 Å². The molecule has 0 saturated carbocycles. The lowest BCUT2D eigenvalue weighted by molar-refractivity contribution is -0.139. The van der Waals surface area contributed by atoms with Gasteiger partial charge >= 0.3 is 6.18 Å². The van der Waals surface area contributed by atoms with Crippen molar-refractivity contribution in [3.8, 4) is 0 Å². The molecule has 0 atom stereocenters. The number of rotatable bonds is 6. The maximum Gasteiger partial charge on any atom is 0.417 e. The Hall–Kier alpha value is -4.44. The molecule has 0 aliphatic heterocycles. The van der Waals surface area contributed by atoms with Crippen molar-refractivity contribution in [1.82, 2.24) is 0 Å². The van der Waals surface area contributed by atoms with Crippen molar-refractivity contribution < 1.29 is 22.8 Å². The van der Waals surface area contributed by atoms with Crippen LogP contribution in [0.3, 0.4) is 0 Å². The Bertz CT molecular complexity index is 1490. The summed E-state index contributed by atoms with van der Waals surface area (Å²) in [7, 11) is 0. The lowest BCUT2D eigenvalue weighted by Crippen LogP contribution is -2.14. The molecule has 0 bridgehead atoms. The highest BCUT2D eigenvalue weighted by molar-refractivity contribution is 7.99. The number of amides is 2. The Morgan fingerprint density at radius 2 is 1.13 bits per heavy atom. The fourth-order valence-electron chi connectivity index (χ4n) is 3.55. The Kier molecular flexibility index (Phi) is 7.63. The topological polar surface area (TPSA) is 110 Å². The number of hydrogen-bond donors (Lipinski definition) is 4. The van der Waals surface area contributed by atoms with Crippen LogP contribution in [0.4, 0.5) is 35.9 Å². The monoisotopic (exact) mass is 536 g/mol. The fraction of sp³-hybridized carbons (Fsp3) is 0.0714. The van der Waals surface area contributed by atoms with Gasteiger partial charge in [-0.1, -0.05) is 11.8 Å². The van der Waals surface area contributed by atoms with Gasteiger partial charge in [0.1, 0.15) is 0 Å². The van der Waals surface area contributed by atoms with Gasteiger partial charge in [0.2, 0.25) is 0 Å². The minimum absolute atomic E-state index is 0.0148. The van der Waals surface area contributed by atoms with E-state index in [0.717, 1.165) is 17.8 Å². The molecule has 0 unspecified atom stereocenters. The van der Waals surface area contributed by atoms with Gasteiger partial charge in [-0.15, -0.1) is 0 Å². The van der Waals surface area contributed by atoms with Gasteiger partial charge < -0.3 is 22.1 Å². The van der Waals surface area contributed by atoms with Gasteiger partial charge in [-0.3, -0.25) is 9.59 Å². The van der Waals surface area contributed by atoms with Crippen molar-refractivity contribution in [3.05, 3.63) is 107 Å². The van der Waals surface area contributed by atoms with E-state index in [-0.39, 0.29) is 22.1 Å². The molecule has 0 aromatic heterocycles. The first-order valence-electron chi connectivity index (χ1n) is 11.3. The van der Waals surface area contributed by atoms with Gasteiger partial charge in [0, 0.05) is 43.7 Å². The van der Waals surface area contributed by atoms with Gasteiger partial charge in [-0.25, -0.2) is 0 Å². The molecule has 0 radical (unpaired) electrons. The molecule has 10 heteroatoms. The third-order valence-electron chi connectivity index (χ3n) is 5.54. The summed E-state index contributed by atoms with van der Waals surface area (Å²) in [6.45, 7) is 1.75. The number of nitrogens with two attached hydrogens (primary N) is 2. The predicted molar refractivity (Wildman–Crippen MR) is 144 cm³/mol. The quantitative estimate of drug-likeness (QED) is 0.202. The molecule has 2 amide bonds. The zero-order valence-corrected chi connectivity index (χ0v) is 20.9. The minimum Gasteiger partial charge on any atom is -0.399 e. The van der Waals surface area contributed by atoms with Gasteiger partial charge in [0.25, 0.3) is 11.8 Å². The molecule has 194 valence electrons. The van der Waals surface area contributed by atoms with E-state index < -0.39 is 17.6 Å². The van der Waals surface area contributed by atoms with E-state index in [9.17, 15) is 22.8 Å². The van der Waals surface area contributed by atoms with Gasteiger partial charge in [-0.2, -0.15) is 13.2 Å². The molecule has 6 nitrogen and oxygen atoms in total. The number of carbonyl (C=O) groups is 2. The number of anilines is 4. The standard InChI is InChI=1S/C28H23F3N4O2S/c1-16-14-21(34-26(36)17-2-6-19(32)7-3-17)10-12-24(16)38-25-13-11-22(15-23(25)28(29,30)31)35-27(37)18-4-8-20(33)9-5-18/h2-15H,32-33H2,1H3,(H,34,36)(H,35,37). The average Bonchev–Trinajstić information content (AvgIpc) is 2.86. The smallest absolute Gasteiger partial charge is 0.399 e. The second kappa shape index (κ2) is 10.9. The van der Waals surface area contributed by atoms with Crippen LogP contribution in [0.25, 0.3) is 0 Å². The number of nitrogens with one attached hydrogen (secondary N) is 2. The summed E-state index contributed by atoms with van der Waals surface area (Å²) in [6.07, 6.45) is -4.65. The van der Waals surface area contributed by atoms with E-state index in [2.05, 4.69) is 10.6 Å². The predicted octanol–water partition coefficient (Wildman–Crippen LogP) is 6.83. The number of alkyl halides is 3. The second-order valence-corrected chi connectivity index (χ2v) is 9.53. The molecule has 0 aliphatic rings. The van der Waals surface area contributed by atoms with Gasteiger partial charge in [-0.05, 0) is 97.4 Å². The van der Waals surface area contributed by atoms with E-state index in [1.165, 1.54) is 36.4 Å². The van der Waals surface area contributed by atoms with Gasteiger partial charge in [0.05, 0.1) is 5.56 Å². The molecule has 0 fully saturated rings. The molecule has 4 rings (SSSR count). The van der Waals surface area contributed by atoms with Crippen LogP contribution in [-0.4, -0.2) is 11.8 Å². The van der Waals surface area contributed by atoms with Crippen LogP contribution in [-0.2, 0) is 6.18 Å². The molecule has 38 heavy (non-hydrogen) atoms. The average molecular weight is 537 g/mol. The maximum atomic E-state index is 13.9. The number of nitrogen functional groups attached to an aromatic ring is 2.